The molecule has 0 unspecified atom stereocenters. The number of methoxy groups -OCH3 is 1. The third kappa shape index (κ3) is 3.41. The largest absolute Gasteiger partial charge is 0.497 e. The van der Waals surface area contributed by atoms with Gasteiger partial charge in [0.25, 0.3) is 10.0 Å². The molecule has 0 saturated carbocycles. The van der Waals surface area contributed by atoms with Crippen molar-refractivity contribution in [1.82, 2.24) is 4.98 Å². The van der Waals surface area contributed by atoms with E-state index < -0.39 is 10.0 Å². The van der Waals surface area contributed by atoms with E-state index >= 15 is 0 Å². The molecular weight excluding hydrogens is 415 g/mol. The Morgan fingerprint density at radius 1 is 1.08 bits per heavy atom. The summed E-state index contributed by atoms with van der Waals surface area (Å²) in [5.74, 6) is 0.660. The monoisotopic (exact) mass is 422 g/mol. The predicted octanol–water partition coefficient (Wildman–Crippen LogP) is 5.07. The second kappa shape index (κ2) is 6.57. The average molecular weight is 424 g/mol. The van der Waals surface area contributed by atoms with Crippen LogP contribution >= 0.6 is 46.1 Å². The van der Waals surface area contributed by atoms with Gasteiger partial charge in [-0.05, 0) is 30.3 Å². The van der Waals surface area contributed by atoms with Gasteiger partial charge in [-0.1, -0.05) is 46.1 Å². The minimum atomic E-state index is -3.95. The summed E-state index contributed by atoms with van der Waals surface area (Å²) >= 11 is 18.9. The van der Waals surface area contributed by atoms with E-state index in [0.29, 0.717) is 11.3 Å². The number of sulfonamides is 1. The zero-order valence-corrected chi connectivity index (χ0v) is 15.9. The number of nitrogens with one attached hydrogen (secondary N) is 1. The molecule has 0 amide bonds. The van der Waals surface area contributed by atoms with Crippen LogP contribution < -0.4 is 9.46 Å². The van der Waals surface area contributed by atoms with Gasteiger partial charge in [0.2, 0.25) is 0 Å². The van der Waals surface area contributed by atoms with Gasteiger partial charge in [0, 0.05) is 0 Å². The van der Waals surface area contributed by atoms with Gasteiger partial charge in [-0.25, -0.2) is 13.4 Å². The van der Waals surface area contributed by atoms with Gasteiger partial charge in [0.05, 0.1) is 32.4 Å². The number of ether oxygens (including phenoxy) is 1. The number of rotatable bonds is 4. The van der Waals surface area contributed by atoms with E-state index in [1.165, 1.54) is 23.5 Å². The van der Waals surface area contributed by atoms with Crippen LogP contribution in [0.15, 0.2) is 35.2 Å². The Hall–Kier alpha value is -1.25. The number of aromatic nitrogens is 1. The second-order valence-electron chi connectivity index (χ2n) is 4.65. The van der Waals surface area contributed by atoms with E-state index in [-0.39, 0.29) is 25.1 Å². The van der Waals surface area contributed by atoms with Crippen molar-refractivity contribution in [3.05, 3.63) is 45.4 Å². The molecule has 0 aliphatic carbocycles. The molecule has 0 spiro atoms. The SMILES string of the molecule is COc1ccc2nc(NS(=O)(=O)c3cc(Cl)c(Cl)cc3Cl)sc2c1. The Morgan fingerprint density at radius 2 is 1.79 bits per heavy atom. The molecule has 1 aromatic heterocycles. The molecule has 1 heterocycles. The van der Waals surface area contributed by atoms with Gasteiger partial charge in [-0.2, -0.15) is 0 Å². The Morgan fingerprint density at radius 3 is 2.50 bits per heavy atom. The lowest BCUT2D eigenvalue weighted by atomic mass is 10.3. The summed E-state index contributed by atoms with van der Waals surface area (Å²) in [4.78, 5) is 4.07. The molecule has 0 bridgehead atoms. The van der Waals surface area contributed by atoms with E-state index in [4.69, 9.17) is 39.5 Å². The quantitative estimate of drug-likeness (QED) is 0.595. The van der Waals surface area contributed by atoms with Gasteiger partial charge in [0.15, 0.2) is 5.13 Å². The smallest absolute Gasteiger partial charge is 0.265 e. The normalized spacial score (nSPS) is 11.7. The number of nitrogens with zero attached hydrogens (tertiary/aromatic N) is 1. The van der Waals surface area contributed by atoms with Crippen molar-refractivity contribution in [2.24, 2.45) is 0 Å². The van der Waals surface area contributed by atoms with Crippen molar-refractivity contribution >= 4 is 71.5 Å². The summed E-state index contributed by atoms with van der Waals surface area (Å²) in [6.07, 6.45) is 0. The molecule has 0 fully saturated rings. The lowest BCUT2D eigenvalue weighted by Crippen LogP contribution is -2.13. The molecule has 126 valence electrons. The van der Waals surface area contributed by atoms with Crippen LogP contribution in [0.2, 0.25) is 15.1 Å². The summed E-state index contributed by atoms with van der Waals surface area (Å²) in [7, 11) is -2.40. The Labute approximate surface area is 157 Å². The summed E-state index contributed by atoms with van der Waals surface area (Å²) in [6, 6.07) is 7.75. The highest BCUT2D eigenvalue weighted by atomic mass is 35.5. The number of anilines is 1. The third-order valence-corrected chi connectivity index (χ3v) is 6.67. The molecule has 5 nitrogen and oxygen atoms in total. The van der Waals surface area contributed by atoms with Gasteiger partial charge in [-0.3, -0.25) is 4.72 Å². The third-order valence-electron chi connectivity index (χ3n) is 3.08. The van der Waals surface area contributed by atoms with Gasteiger partial charge in [-0.15, -0.1) is 0 Å². The van der Waals surface area contributed by atoms with Crippen LogP contribution in [-0.4, -0.2) is 20.5 Å². The molecule has 0 aliphatic rings. The summed E-state index contributed by atoms with van der Waals surface area (Å²) in [5.41, 5.74) is 0.652. The molecule has 1 N–H and O–H groups in total. The molecule has 3 rings (SSSR count). The lowest BCUT2D eigenvalue weighted by Gasteiger charge is -2.08. The van der Waals surface area contributed by atoms with Gasteiger partial charge in [0.1, 0.15) is 10.6 Å². The van der Waals surface area contributed by atoms with Crippen molar-refractivity contribution in [1.29, 1.82) is 0 Å². The first-order chi connectivity index (χ1) is 11.3. The van der Waals surface area contributed by atoms with Crippen LogP contribution in [-0.2, 0) is 10.0 Å². The number of fused-ring (bicyclic) bond motifs is 1. The number of hydrogen-bond acceptors (Lipinski definition) is 5. The first kappa shape index (κ1) is 17.6. The van der Waals surface area contributed by atoms with Gasteiger partial charge < -0.3 is 4.74 Å². The fraction of sp³-hybridized carbons (Fsp3) is 0.0714. The Kier molecular flexibility index (Phi) is 4.81. The summed E-state index contributed by atoms with van der Waals surface area (Å²) in [6.45, 7) is 0. The average Bonchev–Trinajstić information content (AvgIpc) is 2.90. The molecule has 24 heavy (non-hydrogen) atoms. The zero-order chi connectivity index (χ0) is 17.5. The van der Waals surface area contributed by atoms with E-state index in [1.54, 1.807) is 25.3 Å². The zero-order valence-electron chi connectivity index (χ0n) is 12.0. The highest BCUT2D eigenvalue weighted by Gasteiger charge is 2.21. The standard InChI is InChI=1S/C14H9Cl3N2O3S2/c1-22-7-2-3-11-12(4-7)23-14(18-11)19-24(20,21)13-6-9(16)8(15)5-10(13)17/h2-6H,1H3,(H,18,19). The lowest BCUT2D eigenvalue weighted by molar-refractivity contribution is 0.415. The van der Waals surface area contributed by atoms with E-state index in [0.717, 1.165) is 4.70 Å². The van der Waals surface area contributed by atoms with Crippen molar-refractivity contribution in [2.75, 3.05) is 11.8 Å². The van der Waals surface area contributed by atoms with Crippen LogP contribution in [0, 0.1) is 0 Å². The first-order valence-corrected chi connectivity index (χ1v) is 9.85. The minimum Gasteiger partial charge on any atom is -0.497 e. The van der Waals surface area contributed by atoms with Crippen LogP contribution in [0.3, 0.4) is 0 Å². The molecule has 2 aromatic carbocycles. The maximum absolute atomic E-state index is 12.5. The molecule has 0 atom stereocenters. The van der Waals surface area contributed by atoms with E-state index in [1.807, 2.05) is 0 Å². The van der Waals surface area contributed by atoms with Crippen molar-refractivity contribution in [3.8, 4) is 5.75 Å². The summed E-state index contributed by atoms with van der Waals surface area (Å²) in [5, 5.41) is 0.447. The van der Waals surface area contributed by atoms with Crippen molar-refractivity contribution in [3.63, 3.8) is 0 Å². The second-order valence-corrected chi connectivity index (χ2v) is 8.56. The predicted molar refractivity (Wildman–Crippen MR) is 98.5 cm³/mol. The molecule has 0 aliphatic heterocycles. The van der Waals surface area contributed by atoms with Gasteiger partial charge >= 0.3 is 0 Å². The van der Waals surface area contributed by atoms with E-state index in [2.05, 4.69) is 9.71 Å². The maximum Gasteiger partial charge on any atom is 0.265 e. The number of halogens is 3. The fourth-order valence-corrected chi connectivity index (χ4v) is 5.09. The Bertz CT molecular complexity index is 1040. The molecule has 0 saturated heterocycles. The fourth-order valence-electron chi connectivity index (χ4n) is 1.96. The molecular formula is C14H9Cl3N2O3S2. The number of benzene rings is 2. The van der Waals surface area contributed by atoms with Crippen molar-refractivity contribution < 1.29 is 13.2 Å². The number of thiazole rings is 1. The highest BCUT2D eigenvalue weighted by Crippen LogP contribution is 2.34. The van der Waals surface area contributed by atoms with Crippen LogP contribution in [0.5, 0.6) is 5.75 Å². The number of hydrogen-bond donors (Lipinski definition) is 1. The maximum atomic E-state index is 12.5. The van der Waals surface area contributed by atoms with Crippen molar-refractivity contribution in [2.45, 2.75) is 4.90 Å². The van der Waals surface area contributed by atoms with Crippen LogP contribution in [0.1, 0.15) is 0 Å². The first-order valence-electron chi connectivity index (χ1n) is 6.42. The van der Waals surface area contributed by atoms with E-state index in [9.17, 15) is 8.42 Å². The highest BCUT2D eigenvalue weighted by molar-refractivity contribution is 7.93. The van der Waals surface area contributed by atoms with Crippen LogP contribution in [0.25, 0.3) is 10.2 Å². The topological polar surface area (TPSA) is 68.3 Å². The molecule has 0 radical (unpaired) electrons. The minimum absolute atomic E-state index is 0.0281. The molecule has 3 aromatic rings. The van der Waals surface area contributed by atoms with Crippen LogP contribution in [0.4, 0.5) is 5.13 Å². The summed E-state index contributed by atoms with van der Waals surface area (Å²) < 4.78 is 33.4. The molecule has 10 heteroatoms. The Balaban J connectivity index is 1.99.